The average molecular weight is 507 g/mol. The number of fused-ring (bicyclic) bond motifs is 1. The van der Waals surface area contributed by atoms with Crippen molar-refractivity contribution in [2.75, 3.05) is 19.6 Å². The van der Waals surface area contributed by atoms with Gasteiger partial charge >= 0.3 is 12.1 Å². The molecule has 0 aliphatic carbocycles. The Hall–Kier alpha value is -3.39. The first-order valence-corrected chi connectivity index (χ1v) is 12.9. The normalized spacial score (nSPS) is 17.1. The maximum absolute atomic E-state index is 13.2. The standard InChI is InChI=1S/C29H38N4O4/c1-28(2,3)26(34)37-33-25-15-11-10-14-23(25)24(30-33)18-22-20-31(19-21-12-8-7-9-13-21)16-17-32(22)27(35)36-29(4,5)6/h7-15,22H,16-20H2,1-6H3. The first-order valence-electron chi connectivity index (χ1n) is 12.9. The van der Waals surface area contributed by atoms with Gasteiger partial charge < -0.3 is 14.5 Å². The lowest BCUT2D eigenvalue weighted by Gasteiger charge is -2.41. The molecular formula is C29H38N4O4. The molecule has 1 amide bonds. The number of ether oxygens (including phenoxy) is 1. The van der Waals surface area contributed by atoms with Gasteiger partial charge in [0.1, 0.15) is 11.1 Å². The van der Waals surface area contributed by atoms with Crippen molar-refractivity contribution in [2.24, 2.45) is 5.41 Å². The molecule has 1 aliphatic heterocycles. The zero-order chi connectivity index (χ0) is 26.8. The molecular weight excluding hydrogens is 468 g/mol. The summed E-state index contributed by atoms with van der Waals surface area (Å²) in [6.07, 6.45) is 0.185. The maximum Gasteiger partial charge on any atom is 0.410 e. The predicted octanol–water partition coefficient (Wildman–Crippen LogP) is 4.70. The number of hydrogen-bond donors (Lipinski definition) is 0. The van der Waals surface area contributed by atoms with E-state index in [9.17, 15) is 9.59 Å². The van der Waals surface area contributed by atoms with E-state index in [-0.39, 0.29) is 18.1 Å². The van der Waals surface area contributed by atoms with Crippen molar-refractivity contribution in [3.05, 3.63) is 65.9 Å². The summed E-state index contributed by atoms with van der Waals surface area (Å²) in [5.41, 5.74) is 1.48. The van der Waals surface area contributed by atoms with Gasteiger partial charge in [-0.05, 0) is 53.2 Å². The number of aromatic nitrogens is 2. The van der Waals surface area contributed by atoms with Gasteiger partial charge in [-0.15, -0.1) is 5.10 Å². The lowest BCUT2D eigenvalue weighted by molar-refractivity contribution is -0.154. The predicted molar refractivity (Wildman–Crippen MR) is 143 cm³/mol. The molecule has 1 unspecified atom stereocenters. The number of para-hydroxylation sites is 1. The Morgan fingerprint density at radius 2 is 1.62 bits per heavy atom. The molecule has 1 saturated heterocycles. The summed E-state index contributed by atoms with van der Waals surface area (Å²) >= 11 is 0. The Morgan fingerprint density at radius 1 is 0.946 bits per heavy atom. The van der Waals surface area contributed by atoms with E-state index in [1.165, 1.54) is 10.4 Å². The minimum Gasteiger partial charge on any atom is -0.444 e. The minimum atomic E-state index is -0.665. The van der Waals surface area contributed by atoms with Crippen LogP contribution in [0.5, 0.6) is 0 Å². The van der Waals surface area contributed by atoms with Crippen LogP contribution in [0.15, 0.2) is 54.6 Å². The molecule has 1 aromatic heterocycles. The molecule has 1 fully saturated rings. The van der Waals surface area contributed by atoms with E-state index in [0.29, 0.717) is 19.5 Å². The number of piperazine rings is 1. The fourth-order valence-electron chi connectivity index (χ4n) is 4.40. The van der Waals surface area contributed by atoms with E-state index in [2.05, 4.69) is 17.0 Å². The largest absolute Gasteiger partial charge is 0.444 e. The maximum atomic E-state index is 13.2. The van der Waals surface area contributed by atoms with Crippen molar-refractivity contribution in [3.8, 4) is 0 Å². The summed E-state index contributed by atoms with van der Waals surface area (Å²) in [6.45, 7) is 13.9. The number of hydrogen-bond acceptors (Lipinski definition) is 6. The van der Waals surface area contributed by atoms with Crippen LogP contribution < -0.4 is 4.84 Å². The molecule has 8 heteroatoms. The van der Waals surface area contributed by atoms with E-state index < -0.39 is 11.0 Å². The topological polar surface area (TPSA) is 76.9 Å². The highest BCUT2D eigenvalue weighted by Gasteiger charge is 2.35. The van der Waals surface area contributed by atoms with Crippen molar-refractivity contribution < 1.29 is 19.2 Å². The van der Waals surface area contributed by atoms with E-state index in [4.69, 9.17) is 14.7 Å². The van der Waals surface area contributed by atoms with Crippen molar-refractivity contribution in [2.45, 2.75) is 66.2 Å². The molecule has 8 nitrogen and oxygen atoms in total. The highest BCUT2D eigenvalue weighted by atomic mass is 16.7. The highest BCUT2D eigenvalue weighted by Crippen LogP contribution is 2.25. The third kappa shape index (κ3) is 6.68. The van der Waals surface area contributed by atoms with Crippen LogP contribution in [0.1, 0.15) is 52.8 Å². The van der Waals surface area contributed by atoms with Gasteiger partial charge in [0.2, 0.25) is 0 Å². The smallest absolute Gasteiger partial charge is 0.410 e. The molecule has 198 valence electrons. The molecule has 0 spiro atoms. The fraction of sp³-hybridized carbons (Fsp3) is 0.483. The third-order valence-electron chi connectivity index (χ3n) is 6.29. The summed E-state index contributed by atoms with van der Waals surface area (Å²) in [5, 5.41) is 5.59. The number of benzene rings is 2. The second-order valence-corrected chi connectivity index (χ2v) is 11.7. The molecule has 0 bridgehead atoms. The lowest BCUT2D eigenvalue weighted by atomic mass is 9.98. The van der Waals surface area contributed by atoms with Crippen LogP contribution in [0.4, 0.5) is 4.79 Å². The molecule has 2 aromatic carbocycles. The van der Waals surface area contributed by atoms with Crippen LogP contribution in [0.25, 0.3) is 10.9 Å². The van der Waals surface area contributed by atoms with E-state index in [1.807, 2.05) is 88.9 Å². The summed E-state index contributed by atoms with van der Waals surface area (Å²) in [7, 11) is 0. The molecule has 0 radical (unpaired) electrons. The van der Waals surface area contributed by atoms with Gasteiger partial charge in [-0.1, -0.05) is 53.4 Å². The van der Waals surface area contributed by atoms with Crippen molar-refractivity contribution >= 4 is 23.0 Å². The number of nitrogens with zero attached hydrogens (tertiary/aromatic N) is 4. The molecule has 0 N–H and O–H groups in total. The SMILES string of the molecule is CC(C)(C)OC(=O)N1CCN(Cc2ccccc2)CC1Cc1nn(OC(=O)C(C)(C)C)c2ccccc12. The third-order valence-corrected chi connectivity index (χ3v) is 6.29. The lowest BCUT2D eigenvalue weighted by Crippen LogP contribution is -2.56. The van der Waals surface area contributed by atoms with Crippen LogP contribution in [-0.2, 0) is 22.5 Å². The monoisotopic (exact) mass is 506 g/mol. The summed E-state index contributed by atoms with van der Waals surface area (Å²) in [6, 6.07) is 17.9. The second kappa shape index (κ2) is 10.5. The van der Waals surface area contributed by atoms with Crippen molar-refractivity contribution in [1.29, 1.82) is 0 Å². The van der Waals surface area contributed by atoms with E-state index >= 15 is 0 Å². The Kier molecular flexibility index (Phi) is 7.59. The summed E-state index contributed by atoms with van der Waals surface area (Å²) in [5.74, 6) is -0.366. The fourth-order valence-corrected chi connectivity index (χ4v) is 4.40. The van der Waals surface area contributed by atoms with Crippen LogP contribution in [0.2, 0.25) is 0 Å². The van der Waals surface area contributed by atoms with Gasteiger partial charge in [0.25, 0.3) is 0 Å². The Morgan fingerprint density at radius 3 is 2.30 bits per heavy atom. The molecule has 2 heterocycles. The van der Waals surface area contributed by atoms with Gasteiger partial charge in [-0.3, -0.25) is 4.90 Å². The number of carbonyl (C=O) groups excluding carboxylic acids is 2. The van der Waals surface area contributed by atoms with Gasteiger partial charge in [-0.25, -0.2) is 9.59 Å². The van der Waals surface area contributed by atoms with Crippen LogP contribution >= 0.6 is 0 Å². The minimum absolute atomic E-state index is 0.155. The second-order valence-electron chi connectivity index (χ2n) is 11.7. The van der Waals surface area contributed by atoms with Gasteiger partial charge in [0.15, 0.2) is 0 Å². The summed E-state index contributed by atoms with van der Waals surface area (Å²) < 4.78 is 5.75. The number of rotatable bonds is 5. The Bertz CT molecular complexity index is 1240. The zero-order valence-corrected chi connectivity index (χ0v) is 22.7. The van der Waals surface area contributed by atoms with Crippen LogP contribution in [0, 0.1) is 5.41 Å². The molecule has 3 aromatic rings. The number of carbonyl (C=O) groups is 2. The quantitative estimate of drug-likeness (QED) is 0.499. The first kappa shape index (κ1) is 26.7. The molecule has 1 aliphatic rings. The highest BCUT2D eigenvalue weighted by molar-refractivity contribution is 5.83. The molecule has 37 heavy (non-hydrogen) atoms. The molecule has 0 saturated carbocycles. The number of amides is 1. The Balaban J connectivity index is 1.62. The van der Waals surface area contributed by atoms with Crippen molar-refractivity contribution in [1.82, 2.24) is 19.7 Å². The molecule has 1 atom stereocenters. The average Bonchev–Trinajstić information content (AvgIpc) is 3.15. The zero-order valence-electron chi connectivity index (χ0n) is 22.7. The van der Waals surface area contributed by atoms with E-state index in [0.717, 1.165) is 29.7 Å². The first-order chi connectivity index (χ1) is 17.4. The van der Waals surface area contributed by atoms with Gasteiger partial charge in [0, 0.05) is 38.0 Å². The van der Waals surface area contributed by atoms with Crippen molar-refractivity contribution in [3.63, 3.8) is 0 Å². The summed E-state index contributed by atoms with van der Waals surface area (Å²) in [4.78, 5) is 37.0. The van der Waals surface area contributed by atoms with Crippen LogP contribution in [-0.4, -0.2) is 63.1 Å². The van der Waals surface area contributed by atoms with Gasteiger partial charge in [0.05, 0.1) is 17.2 Å². The Labute approximate surface area is 219 Å². The van der Waals surface area contributed by atoms with Gasteiger partial charge in [-0.2, -0.15) is 0 Å². The van der Waals surface area contributed by atoms with E-state index in [1.54, 1.807) is 0 Å². The molecule has 4 rings (SSSR count). The van der Waals surface area contributed by atoms with Crippen LogP contribution in [0.3, 0.4) is 0 Å².